The minimum atomic E-state index is -3.55. The normalized spacial score (nSPS) is 21.4. The van der Waals surface area contributed by atoms with E-state index in [9.17, 15) is 13.2 Å². The zero-order valence-corrected chi connectivity index (χ0v) is 13.8. The molecule has 1 aliphatic rings. The van der Waals surface area contributed by atoms with Crippen molar-refractivity contribution in [3.8, 4) is 0 Å². The third-order valence-corrected chi connectivity index (χ3v) is 5.72. The van der Waals surface area contributed by atoms with Crippen molar-refractivity contribution in [2.24, 2.45) is 5.92 Å². The van der Waals surface area contributed by atoms with Gasteiger partial charge in [0.2, 0.25) is 15.0 Å². The summed E-state index contributed by atoms with van der Waals surface area (Å²) in [6, 6.07) is 0. The summed E-state index contributed by atoms with van der Waals surface area (Å²) in [5.41, 5.74) is 0.982. The van der Waals surface area contributed by atoms with Crippen molar-refractivity contribution in [1.29, 1.82) is 0 Å². The highest BCUT2D eigenvalue weighted by molar-refractivity contribution is 8.13. The monoisotopic (exact) mass is 336 g/mol. The molecule has 1 aromatic heterocycles. The van der Waals surface area contributed by atoms with Gasteiger partial charge in [0.05, 0.1) is 10.8 Å². The molecule has 8 heteroatoms. The number of amides is 1. The van der Waals surface area contributed by atoms with E-state index in [0.29, 0.717) is 13.1 Å². The van der Waals surface area contributed by atoms with Crippen LogP contribution in [-0.2, 0) is 13.8 Å². The Hall–Kier alpha value is -0.660. The van der Waals surface area contributed by atoms with Crippen LogP contribution in [0.25, 0.3) is 0 Å². The third-order valence-electron chi connectivity index (χ3n) is 3.28. The predicted molar refractivity (Wildman–Crippen MR) is 79.6 cm³/mol. The Morgan fingerprint density at radius 1 is 1.60 bits per heavy atom. The number of hydrogen-bond acceptors (Lipinski definition) is 5. The minimum absolute atomic E-state index is 0.00422. The van der Waals surface area contributed by atoms with Gasteiger partial charge < -0.3 is 4.90 Å². The first-order valence-electron chi connectivity index (χ1n) is 6.36. The van der Waals surface area contributed by atoms with Gasteiger partial charge in [-0.05, 0) is 6.92 Å². The lowest BCUT2D eigenvalue weighted by atomic mass is 10.1. The second-order valence-corrected chi connectivity index (χ2v) is 9.01. The average Bonchev–Trinajstić information content (AvgIpc) is 2.84. The molecule has 1 aliphatic heterocycles. The molecule has 0 aromatic carbocycles. The first-order chi connectivity index (χ1) is 9.24. The molecule has 1 aromatic rings. The SMILES string of the molecule is Cc1csc(C(C)CN2CC(CS(=O)(=O)Cl)CC2=O)n1. The number of carbonyl (C=O) groups excluding carboxylic acids is 1. The zero-order chi connectivity index (χ0) is 14.9. The summed E-state index contributed by atoms with van der Waals surface area (Å²) in [5.74, 6) is -0.184. The summed E-state index contributed by atoms with van der Waals surface area (Å²) in [6.45, 7) is 5.00. The van der Waals surface area contributed by atoms with Gasteiger partial charge in [-0.15, -0.1) is 11.3 Å². The number of nitrogens with zero attached hydrogens (tertiary/aromatic N) is 2. The van der Waals surface area contributed by atoms with Crippen LogP contribution < -0.4 is 0 Å². The van der Waals surface area contributed by atoms with E-state index in [2.05, 4.69) is 4.98 Å². The maximum Gasteiger partial charge on any atom is 0.232 e. The Bertz CT molecular complexity index is 600. The molecular formula is C12H17ClN2O3S2. The van der Waals surface area contributed by atoms with Gasteiger partial charge in [0.15, 0.2) is 0 Å². The molecule has 0 radical (unpaired) electrons. The number of aromatic nitrogens is 1. The van der Waals surface area contributed by atoms with Gasteiger partial charge in [-0.3, -0.25) is 4.79 Å². The summed E-state index contributed by atoms with van der Waals surface area (Å²) in [6.07, 6.45) is 0.259. The predicted octanol–water partition coefficient (Wildman–Crippen LogP) is 1.97. The van der Waals surface area contributed by atoms with Crippen LogP contribution in [0.15, 0.2) is 5.38 Å². The lowest BCUT2D eigenvalue weighted by Gasteiger charge is -2.20. The van der Waals surface area contributed by atoms with Crippen molar-refractivity contribution in [2.75, 3.05) is 18.8 Å². The Morgan fingerprint density at radius 2 is 2.30 bits per heavy atom. The Labute approximate surface area is 127 Å². The maximum absolute atomic E-state index is 11.9. The van der Waals surface area contributed by atoms with E-state index in [-0.39, 0.29) is 29.9 Å². The lowest BCUT2D eigenvalue weighted by molar-refractivity contribution is -0.127. The molecule has 20 heavy (non-hydrogen) atoms. The van der Waals surface area contributed by atoms with Crippen LogP contribution in [-0.4, -0.2) is 43.1 Å². The maximum atomic E-state index is 11.9. The lowest BCUT2D eigenvalue weighted by Crippen LogP contribution is -2.29. The van der Waals surface area contributed by atoms with Gasteiger partial charge in [0.25, 0.3) is 0 Å². The van der Waals surface area contributed by atoms with Crippen molar-refractivity contribution >= 4 is 37.0 Å². The molecule has 5 nitrogen and oxygen atoms in total. The van der Waals surface area contributed by atoms with Gasteiger partial charge in [-0.2, -0.15) is 0 Å². The molecule has 1 saturated heterocycles. The number of rotatable bonds is 5. The van der Waals surface area contributed by atoms with Crippen LogP contribution in [0.4, 0.5) is 0 Å². The molecule has 0 N–H and O–H groups in total. The largest absolute Gasteiger partial charge is 0.342 e. The van der Waals surface area contributed by atoms with E-state index in [0.717, 1.165) is 10.7 Å². The summed E-state index contributed by atoms with van der Waals surface area (Å²) in [5, 5.41) is 2.99. The summed E-state index contributed by atoms with van der Waals surface area (Å²) < 4.78 is 22.1. The van der Waals surface area contributed by atoms with Gasteiger partial charge in [-0.1, -0.05) is 6.92 Å². The number of aryl methyl sites for hydroxylation is 1. The van der Waals surface area contributed by atoms with E-state index in [1.54, 1.807) is 16.2 Å². The fourth-order valence-corrected chi connectivity index (χ4v) is 4.60. The number of halogens is 1. The highest BCUT2D eigenvalue weighted by Crippen LogP contribution is 2.26. The smallest absolute Gasteiger partial charge is 0.232 e. The third kappa shape index (κ3) is 4.17. The molecular weight excluding hydrogens is 320 g/mol. The molecule has 2 heterocycles. The molecule has 2 atom stereocenters. The van der Waals surface area contributed by atoms with Crippen molar-refractivity contribution < 1.29 is 13.2 Å². The van der Waals surface area contributed by atoms with Gasteiger partial charge >= 0.3 is 0 Å². The van der Waals surface area contributed by atoms with Crippen LogP contribution in [0, 0.1) is 12.8 Å². The van der Waals surface area contributed by atoms with E-state index in [4.69, 9.17) is 10.7 Å². The van der Waals surface area contributed by atoms with E-state index in [1.165, 1.54) is 0 Å². The molecule has 0 saturated carbocycles. The molecule has 1 amide bonds. The fourth-order valence-electron chi connectivity index (χ4n) is 2.43. The van der Waals surface area contributed by atoms with Crippen molar-refractivity contribution in [1.82, 2.24) is 9.88 Å². The topological polar surface area (TPSA) is 67.3 Å². The quantitative estimate of drug-likeness (QED) is 0.771. The second kappa shape index (κ2) is 5.99. The van der Waals surface area contributed by atoms with Crippen molar-refractivity contribution in [3.63, 3.8) is 0 Å². The Kier molecular flexibility index (Phi) is 4.71. The molecule has 0 spiro atoms. The minimum Gasteiger partial charge on any atom is -0.342 e. The molecule has 2 unspecified atom stereocenters. The van der Waals surface area contributed by atoms with Crippen LogP contribution in [0.2, 0.25) is 0 Å². The highest BCUT2D eigenvalue weighted by atomic mass is 35.7. The van der Waals surface area contributed by atoms with E-state index in [1.807, 2.05) is 19.2 Å². The first kappa shape index (κ1) is 15.7. The van der Waals surface area contributed by atoms with Crippen LogP contribution in [0.3, 0.4) is 0 Å². The molecule has 2 rings (SSSR count). The second-order valence-electron chi connectivity index (χ2n) is 5.30. The molecule has 0 aliphatic carbocycles. The van der Waals surface area contributed by atoms with Gasteiger partial charge in [0.1, 0.15) is 0 Å². The van der Waals surface area contributed by atoms with Gasteiger partial charge in [-0.25, -0.2) is 13.4 Å². The van der Waals surface area contributed by atoms with Crippen LogP contribution >= 0.6 is 22.0 Å². The van der Waals surface area contributed by atoms with E-state index >= 15 is 0 Å². The average molecular weight is 337 g/mol. The van der Waals surface area contributed by atoms with E-state index < -0.39 is 9.05 Å². The summed E-state index contributed by atoms with van der Waals surface area (Å²) >= 11 is 1.59. The Morgan fingerprint density at radius 3 is 2.85 bits per heavy atom. The number of likely N-dealkylation sites (tertiary alicyclic amines) is 1. The number of carbonyl (C=O) groups is 1. The zero-order valence-electron chi connectivity index (χ0n) is 11.4. The summed E-state index contributed by atoms with van der Waals surface area (Å²) in [7, 11) is 1.70. The summed E-state index contributed by atoms with van der Waals surface area (Å²) in [4.78, 5) is 18.0. The van der Waals surface area contributed by atoms with Gasteiger partial charge in [0, 0.05) is 53.1 Å². The molecule has 0 bridgehead atoms. The van der Waals surface area contributed by atoms with Crippen LogP contribution in [0.1, 0.15) is 30.0 Å². The van der Waals surface area contributed by atoms with Crippen molar-refractivity contribution in [2.45, 2.75) is 26.2 Å². The first-order valence-corrected chi connectivity index (χ1v) is 9.72. The standard InChI is InChI=1S/C12H17ClN2O3S2/c1-8(12-14-9(2)6-19-12)4-15-5-10(3-11(15)16)7-20(13,17)18/h6,8,10H,3-5,7H2,1-2H3. The number of thiazole rings is 1. The fraction of sp³-hybridized carbons (Fsp3) is 0.667. The highest BCUT2D eigenvalue weighted by Gasteiger charge is 2.33. The molecule has 1 fully saturated rings. The Balaban J connectivity index is 1.95. The number of hydrogen-bond donors (Lipinski definition) is 0. The van der Waals surface area contributed by atoms with Crippen molar-refractivity contribution in [3.05, 3.63) is 16.1 Å². The molecule has 112 valence electrons. The van der Waals surface area contributed by atoms with Crippen LogP contribution in [0.5, 0.6) is 0 Å².